The molecule has 4 rings (SSSR count). The average Bonchev–Trinajstić information content (AvgIpc) is 2.90. The van der Waals surface area contributed by atoms with Crippen LogP contribution in [0.1, 0.15) is 11.3 Å². The lowest BCUT2D eigenvalue weighted by atomic mass is 10.1. The summed E-state index contributed by atoms with van der Waals surface area (Å²) in [6, 6.07) is 14.4. The number of hydrogen-bond donors (Lipinski definition) is 2. The molecule has 4 aromatic rings. The molecule has 41 heavy (non-hydrogen) atoms. The number of aryl methyl sites for hydroxylation is 1. The summed E-state index contributed by atoms with van der Waals surface area (Å²) in [5, 5.41) is 5.28. The summed E-state index contributed by atoms with van der Waals surface area (Å²) >= 11 is 5.63. The molecule has 0 bridgehead atoms. The minimum Gasteiger partial charge on any atom is -0.493 e. The predicted octanol–water partition coefficient (Wildman–Crippen LogP) is 7.60. The molecule has 0 aliphatic heterocycles. The third-order valence-corrected chi connectivity index (χ3v) is 6.24. The number of benzene rings is 3. The second kappa shape index (κ2) is 12.5. The fourth-order valence-electron chi connectivity index (χ4n) is 3.82. The Bertz CT molecular complexity index is 1550. The van der Waals surface area contributed by atoms with E-state index in [2.05, 4.69) is 15.6 Å². The number of alkyl halides is 3. The summed E-state index contributed by atoms with van der Waals surface area (Å²) in [5.74, 6) is 2.20. The number of carbonyl (C=O) groups excluding carboxylic acids is 1. The number of rotatable bonds is 9. The SMILES string of the molecule is COc1cc2cc(Oc3ccc(NC(=O)Nc4ccc(Cl)c(C(F)(F)F)c4)cc3)c(C)nc2cc1OCCN(C)C. The zero-order chi connectivity index (χ0) is 29.7. The van der Waals surface area contributed by atoms with Crippen molar-refractivity contribution in [2.24, 2.45) is 0 Å². The van der Waals surface area contributed by atoms with Crippen molar-refractivity contribution in [3.05, 3.63) is 76.9 Å². The summed E-state index contributed by atoms with van der Waals surface area (Å²) in [5.41, 5.74) is 0.694. The van der Waals surface area contributed by atoms with Crippen LogP contribution >= 0.6 is 11.6 Å². The van der Waals surface area contributed by atoms with Crippen LogP contribution in [0.15, 0.2) is 60.7 Å². The van der Waals surface area contributed by atoms with Gasteiger partial charge in [0.05, 0.1) is 28.9 Å². The van der Waals surface area contributed by atoms with Crippen molar-refractivity contribution in [1.29, 1.82) is 0 Å². The van der Waals surface area contributed by atoms with Crippen molar-refractivity contribution < 1.29 is 32.2 Å². The first-order valence-electron chi connectivity index (χ1n) is 12.4. The van der Waals surface area contributed by atoms with E-state index in [9.17, 15) is 18.0 Å². The summed E-state index contributed by atoms with van der Waals surface area (Å²) < 4.78 is 56.7. The Morgan fingerprint density at radius 3 is 2.27 bits per heavy atom. The molecule has 2 N–H and O–H groups in total. The predicted molar refractivity (Wildman–Crippen MR) is 153 cm³/mol. The van der Waals surface area contributed by atoms with Crippen molar-refractivity contribution in [3.8, 4) is 23.0 Å². The van der Waals surface area contributed by atoms with Gasteiger partial charge < -0.3 is 29.7 Å². The summed E-state index contributed by atoms with van der Waals surface area (Å²) in [6.07, 6.45) is -4.64. The molecule has 0 saturated heterocycles. The minimum absolute atomic E-state index is 0.0534. The van der Waals surface area contributed by atoms with Crippen LogP contribution in [-0.4, -0.2) is 50.3 Å². The number of aromatic nitrogens is 1. The van der Waals surface area contributed by atoms with Gasteiger partial charge in [-0.2, -0.15) is 13.2 Å². The smallest absolute Gasteiger partial charge is 0.417 e. The maximum atomic E-state index is 13.1. The van der Waals surface area contributed by atoms with Gasteiger partial charge in [-0.15, -0.1) is 0 Å². The molecule has 0 fully saturated rings. The van der Waals surface area contributed by atoms with E-state index < -0.39 is 22.8 Å². The van der Waals surface area contributed by atoms with Crippen molar-refractivity contribution in [2.75, 3.05) is 45.0 Å². The number of methoxy groups -OCH3 is 1. The van der Waals surface area contributed by atoms with E-state index in [1.165, 1.54) is 6.07 Å². The summed E-state index contributed by atoms with van der Waals surface area (Å²) in [4.78, 5) is 19.0. The number of urea groups is 1. The van der Waals surface area contributed by atoms with E-state index in [-0.39, 0.29) is 5.69 Å². The molecule has 0 spiro atoms. The summed E-state index contributed by atoms with van der Waals surface area (Å²) in [7, 11) is 5.51. The van der Waals surface area contributed by atoms with Crippen LogP contribution in [0.5, 0.6) is 23.0 Å². The molecular weight excluding hydrogens is 561 g/mol. The van der Waals surface area contributed by atoms with Gasteiger partial charge in [-0.05, 0) is 75.6 Å². The Balaban J connectivity index is 1.43. The zero-order valence-corrected chi connectivity index (χ0v) is 23.5. The molecule has 0 radical (unpaired) electrons. The average molecular weight is 589 g/mol. The highest BCUT2D eigenvalue weighted by Gasteiger charge is 2.33. The highest BCUT2D eigenvalue weighted by Crippen LogP contribution is 2.37. The maximum absolute atomic E-state index is 13.1. The number of nitrogens with one attached hydrogen (secondary N) is 2. The normalized spacial score (nSPS) is 11.4. The van der Waals surface area contributed by atoms with Crippen LogP contribution in [0.4, 0.5) is 29.3 Å². The van der Waals surface area contributed by atoms with Crippen molar-refractivity contribution >= 4 is 39.9 Å². The maximum Gasteiger partial charge on any atom is 0.417 e. The van der Waals surface area contributed by atoms with E-state index in [4.69, 9.17) is 25.8 Å². The monoisotopic (exact) mass is 588 g/mol. The second-order valence-electron chi connectivity index (χ2n) is 9.32. The first-order chi connectivity index (χ1) is 19.4. The molecule has 0 atom stereocenters. The lowest BCUT2D eigenvalue weighted by Gasteiger charge is -2.15. The van der Waals surface area contributed by atoms with E-state index in [0.717, 1.165) is 29.6 Å². The van der Waals surface area contributed by atoms with Gasteiger partial charge in [0.15, 0.2) is 11.5 Å². The van der Waals surface area contributed by atoms with Gasteiger partial charge in [-0.3, -0.25) is 0 Å². The topological polar surface area (TPSA) is 85.0 Å². The number of halogens is 4. The van der Waals surface area contributed by atoms with Gasteiger partial charge in [0.1, 0.15) is 18.1 Å². The van der Waals surface area contributed by atoms with E-state index in [0.29, 0.717) is 41.0 Å². The Hall–Kier alpha value is -4.22. The molecule has 216 valence electrons. The number of nitrogens with zero attached hydrogens (tertiary/aromatic N) is 2. The van der Waals surface area contributed by atoms with Crippen molar-refractivity contribution in [1.82, 2.24) is 9.88 Å². The van der Waals surface area contributed by atoms with Gasteiger partial charge in [-0.25, -0.2) is 9.78 Å². The van der Waals surface area contributed by atoms with E-state index >= 15 is 0 Å². The first kappa shape index (κ1) is 29.8. The lowest BCUT2D eigenvalue weighted by molar-refractivity contribution is -0.137. The number of pyridine rings is 1. The summed E-state index contributed by atoms with van der Waals surface area (Å²) in [6.45, 7) is 3.08. The van der Waals surface area contributed by atoms with Gasteiger partial charge in [0.25, 0.3) is 0 Å². The number of hydrogen-bond acceptors (Lipinski definition) is 6. The van der Waals surface area contributed by atoms with Crippen molar-refractivity contribution in [3.63, 3.8) is 0 Å². The molecule has 12 heteroatoms. The fourth-order valence-corrected chi connectivity index (χ4v) is 4.04. The van der Waals surface area contributed by atoms with E-state index in [1.807, 2.05) is 44.1 Å². The van der Waals surface area contributed by atoms with Crippen LogP contribution in [0.25, 0.3) is 10.9 Å². The molecule has 1 heterocycles. The molecular formula is C29H28ClF3N4O4. The van der Waals surface area contributed by atoms with E-state index in [1.54, 1.807) is 31.4 Å². The highest BCUT2D eigenvalue weighted by atomic mass is 35.5. The zero-order valence-electron chi connectivity index (χ0n) is 22.7. The Morgan fingerprint density at radius 1 is 0.951 bits per heavy atom. The second-order valence-corrected chi connectivity index (χ2v) is 9.72. The van der Waals surface area contributed by atoms with Crippen LogP contribution in [0.3, 0.4) is 0 Å². The fraction of sp³-hybridized carbons (Fsp3) is 0.241. The third kappa shape index (κ3) is 7.71. The Kier molecular flexibility index (Phi) is 9.09. The largest absolute Gasteiger partial charge is 0.493 e. The number of likely N-dealkylation sites (N-methyl/N-ethyl adjacent to an activating group) is 1. The van der Waals surface area contributed by atoms with Crippen LogP contribution in [-0.2, 0) is 6.18 Å². The lowest BCUT2D eigenvalue weighted by Crippen LogP contribution is -2.19. The van der Waals surface area contributed by atoms with Crippen LogP contribution < -0.4 is 24.8 Å². The number of anilines is 2. The van der Waals surface area contributed by atoms with Crippen molar-refractivity contribution in [2.45, 2.75) is 13.1 Å². The van der Waals surface area contributed by atoms with Gasteiger partial charge in [-0.1, -0.05) is 11.6 Å². The van der Waals surface area contributed by atoms with Gasteiger partial charge >= 0.3 is 12.2 Å². The molecule has 1 aromatic heterocycles. The number of ether oxygens (including phenoxy) is 3. The Morgan fingerprint density at radius 2 is 1.61 bits per heavy atom. The molecule has 3 aromatic carbocycles. The first-order valence-corrected chi connectivity index (χ1v) is 12.8. The molecule has 0 unspecified atom stereocenters. The van der Waals surface area contributed by atoms with Gasteiger partial charge in [0.2, 0.25) is 0 Å². The molecule has 0 aliphatic carbocycles. The molecule has 0 aliphatic rings. The highest BCUT2D eigenvalue weighted by molar-refractivity contribution is 6.31. The molecule has 2 amide bonds. The number of amides is 2. The third-order valence-electron chi connectivity index (χ3n) is 5.91. The minimum atomic E-state index is -4.64. The van der Waals surface area contributed by atoms with Crippen LogP contribution in [0, 0.1) is 6.92 Å². The number of fused-ring (bicyclic) bond motifs is 1. The van der Waals surface area contributed by atoms with Gasteiger partial charge in [0, 0.05) is 29.4 Å². The quantitative estimate of drug-likeness (QED) is 0.209. The standard InChI is InChI=1S/C29H28ClF3N4O4/c1-17-25(13-18-14-26(39-4)27(16-24(18)34-17)40-12-11-37(2)3)41-21-8-5-19(6-9-21)35-28(38)36-20-7-10-23(30)22(15-20)29(31,32)33/h5-10,13-16H,11-12H2,1-4H3,(H2,35,36,38). The molecule has 8 nitrogen and oxygen atoms in total. The molecule has 0 saturated carbocycles. The van der Waals surface area contributed by atoms with Crippen LogP contribution in [0.2, 0.25) is 5.02 Å². The Labute approximate surface area is 240 Å². The number of carbonyl (C=O) groups is 1.